The molecule has 2 heterocycles. The van der Waals surface area contributed by atoms with Gasteiger partial charge in [-0.1, -0.05) is 31.2 Å². The smallest absolute Gasteiger partial charge is 0.347 e. The van der Waals surface area contributed by atoms with Crippen molar-refractivity contribution in [2.24, 2.45) is 0 Å². The lowest BCUT2D eigenvalue weighted by Crippen LogP contribution is -2.33. The second-order valence-electron chi connectivity index (χ2n) is 5.93. The maximum atomic E-state index is 11.1. The topological polar surface area (TPSA) is 53.4 Å². The summed E-state index contributed by atoms with van der Waals surface area (Å²) in [4.78, 5) is 18.4. The molecular weight excluding hydrogens is 296 g/mol. The molecule has 2 aromatic rings. The van der Waals surface area contributed by atoms with Crippen LogP contribution < -0.4 is 0 Å². The van der Waals surface area contributed by atoms with E-state index >= 15 is 0 Å². The largest absolute Gasteiger partial charge is 0.477 e. The average Bonchev–Trinajstić information content (AvgIpc) is 2.89. The molecule has 0 spiro atoms. The molecule has 0 fully saturated rings. The summed E-state index contributed by atoms with van der Waals surface area (Å²) < 4.78 is 0. The number of benzene rings is 1. The van der Waals surface area contributed by atoms with Crippen molar-refractivity contribution in [2.45, 2.75) is 32.7 Å². The van der Waals surface area contributed by atoms with Gasteiger partial charge >= 0.3 is 5.97 Å². The highest BCUT2D eigenvalue weighted by molar-refractivity contribution is 7.13. The summed E-state index contributed by atoms with van der Waals surface area (Å²) in [5.74, 6) is -0.623. The molecule has 0 saturated heterocycles. The van der Waals surface area contributed by atoms with E-state index in [2.05, 4.69) is 41.1 Å². The lowest BCUT2D eigenvalue weighted by molar-refractivity contribution is 0.0701. The molecule has 0 radical (unpaired) electrons. The number of carboxylic acid groups (broad SMARTS) is 1. The molecule has 1 aliphatic heterocycles. The first kappa shape index (κ1) is 15.2. The molecule has 0 bridgehead atoms. The summed E-state index contributed by atoms with van der Waals surface area (Å²) in [6, 6.07) is 8.60. The van der Waals surface area contributed by atoms with Crippen molar-refractivity contribution in [1.82, 2.24) is 9.88 Å². The van der Waals surface area contributed by atoms with Crippen LogP contribution >= 0.6 is 11.3 Å². The zero-order valence-electron chi connectivity index (χ0n) is 12.9. The molecule has 1 aromatic heterocycles. The van der Waals surface area contributed by atoms with Gasteiger partial charge < -0.3 is 5.11 Å². The van der Waals surface area contributed by atoms with Crippen LogP contribution in [0.25, 0.3) is 0 Å². The van der Waals surface area contributed by atoms with Gasteiger partial charge in [0.25, 0.3) is 0 Å². The number of rotatable bonds is 4. The number of hydrogen-bond acceptors (Lipinski definition) is 4. The summed E-state index contributed by atoms with van der Waals surface area (Å²) in [7, 11) is 0. The third kappa shape index (κ3) is 3.05. The van der Waals surface area contributed by atoms with Crippen LogP contribution in [0.3, 0.4) is 0 Å². The van der Waals surface area contributed by atoms with Gasteiger partial charge in [-0.15, -0.1) is 11.3 Å². The monoisotopic (exact) mass is 316 g/mol. The van der Waals surface area contributed by atoms with Crippen molar-refractivity contribution in [2.75, 3.05) is 13.1 Å². The predicted molar refractivity (Wildman–Crippen MR) is 87.6 cm³/mol. The van der Waals surface area contributed by atoms with Gasteiger partial charge in [0, 0.05) is 25.6 Å². The molecule has 3 rings (SSSR count). The normalized spacial score (nSPS) is 16.3. The lowest BCUT2D eigenvalue weighted by atomic mass is 9.99. The molecule has 4 nitrogen and oxygen atoms in total. The van der Waals surface area contributed by atoms with E-state index in [-0.39, 0.29) is 5.92 Å². The van der Waals surface area contributed by atoms with Crippen molar-refractivity contribution < 1.29 is 9.90 Å². The first-order chi connectivity index (χ1) is 10.5. The van der Waals surface area contributed by atoms with Crippen LogP contribution in [0.5, 0.6) is 0 Å². The summed E-state index contributed by atoms with van der Waals surface area (Å²) >= 11 is 1.31. The first-order valence-corrected chi connectivity index (χ1v) is 8.36. The van der Waals surface area contributed by atoms with Crippen LogP contribution in [0.2, 0.25) is 0 Å². The van der Waals surface area contributed by atoms with Gasteiger partial charge in [0.15, 0.2) is 0 Å². The molecule has 116 valence electrons. The Kier molecular flexibility index (Phi) is 4.27. The number of aromatic nitrogens is 1. The van der Waals surface area contributed by atoms with Crippen molar-refractivity contribution >= 4 is 17.3 Å². The molecular formula is C17H20N2O2S. The van der Waals surface area contributed by atoms with Crippen molar-refractivity contribution in [3.8, 4) is 0 Å². The molecule has 0 saturated carbocycles. The molecule has 1 atom stereocenters. The minimum absolute atomic E-state index is 0.252. The fourth-order valence-electron chi connectivity index (χ4n) is 3.00. The molecule has 1 aliphatic rings. The van der Waals surface area contributed by atoms with Gasteiger partial charge in [0.2, 0.25) is 0 Å². The van der Waals surface area contributed by atoms with E-state index in [1.165, 1.54) is 22.5 Å². The number of nitrogens with zero attached hydrogens (tertiary/aromatic N) is 2. The van der Waals surface area contributed by atoms with E-state index in [1.54, 1.807) is 6.92 Å². The number of aromatic carboxylic acids is 1. The quantitative estimate of drug-likeness (QED) is 0.940. The third-order valence-electron chi connectivity index (χ3n) is 4.17. The van der Waals surface area contributed by atoms with Crippen LogP contribution in [0.15, 0.2) is 24.3 Å². The lowest BCUT2D eigenvalue weighted by Gasteiger charge is -2.30. The van der Waals surface area contributed by atoms with Crippen LogP contribution in [-0.2, 0) is 13.0 Å². The van der Waals surface area contributed by atoms with Gasteiger partial charge in [-0.2, -0.15) is 0 Å². The van der Waals surface area contributed by atoms with Gasteiger partial charge in [0.05, 0.1) is 10.7 Å². The number of carboxylic acids is 1. The van der Waals surface area contributed by atoms with Gasteiger partial charge in [-0.05, 0) is 24.5 Å². The molecule has 1 N–H and O–H groups in total. The molecule has 5 heteroatoms. The maximum Gasteiger partial charge on any atom is 0.347 e. The number of hydrogen-bond donors (Lipinski definition) is 1. The number of fused-ring (bicyclic) bond motifs is 1. The maximum absolute atomic E-state index is 11.1. The highest BCUT2D eigenvalue weighted by atomic mass is 32.1. The molecule has 1 aromatic carbocycles. The summed E-state index contributed by atoms with van der Waals surface area (Å²) in [5, 5.41) is 10.1. The predicted octanol–water partition coefficient (Wildman–Crippen LogP) is 3.31. The van der Waals surface area contributed by atoms with Crippen LogP contribution in [-0.4, -0.2) is 34.0 Å². The average molecular weight is 316 g/mol. The highest BCUT2D eigenvalue weighted by Crippen LogP contribution is 2.27. The Morgan fingerprint density at radius 2 is 2.14 bits per heavy atom. The Morgan fingerprint density at radius 1 is 1.41 bits per heavy atom. The zero-order valence-corrected chi connectivity index (χ0v) is 13.7. The summed E-state index contributed by atoms with van der Waals surface area (Å²) in [6.07, 6.45) is 1.08. The van der Waals surface area contributed by atoms with Crippen LogP contribution in [0.4, 0.5) is 0 Å². The molecule has 1 unspecified atom stereocenters. The Hall–Kier alpha value is -1.72. The fourth-order valence-corrected chi connectivity index (χ4v) is 3.95. The van der Waals surface area contributed by atoms with Crippen molar-refractivity contribution in [1.29, 1.82) is 0 Å². The van der Waals surface area contributed by atoms with E-state index < -0.39 is 5.97 Å². The molecule has 0 amide bonds. The Labute approximate surface area is 134 Å². The van der Waals surface area contributed by atoms with Gasteiger partial charge in [-0.3, -0.25) is 4.90 Å². The minimum atomic E-state index is -0.875. The van der Waals surface area contributed by atoms with Gasteiger partial charge in [0.1, 0.15) is 4.88 Å². The zero-order chi connectivity index (χ0) is 15.7. The van der Waals surface area contributed by atoms with E-state index in [0.29, 0.717) is 10.6 Å². The standard InChI is InChI=1S/C17H20N2O2S/c1-11(16-18-12(2)15(22-16)17(20)21)9-19-8-7-13-5-3-4-6-14(13)10-19/h3-6,11H,7-10H2,1-2H3,(H,20,21). The van der Waals surface area contributed by atoms with E-state index in [1.807, 2.05) is 0 Å². The SMILES string of the molecule is Cc1nc(C(C)CN2CCc3ccccc3C2)sc1C(=O)O. The second-order valence-corrected chi connectivity index (χ2v) is 6.96. The fraction of sp³-hybridized carbons (Fsp3) is 0.412. The Bertz CT molecular complexity index is 696. The second kappa shape index (κ2) is 6.18. The van der Waals surface area contributed by atoms with E-state index in [4.69, 9.17) is 5.11 Å². The Balaban J connectivity index is 1.69. The first-order valence-electron chi connectivity index (χ1n) is 7.54. The van der Waals surface area contributed by atoms with Gasteiger partial charge in [-0.25, -0.2) is 9.78 Å². The third-order valence-corrected chi connectivity index (χ3v) is 5.55. The molecule has 0 aliphatic carbocycles. The Morgan fingerprint density at radius 3 is 2.82 bits per heavy atom. The number of aryl methyl sites for hydroxylation is 1. The highest BCUT2D eigenvalue weighted by Gasteiger charge is 2.22. The van der Waals surface area contributed by atoms with Crippen molar-refractivity contribution in [3.63, 3.8) is 0 Å². The van der Waals surface area contributed by atoms with Crippen LogP contribution in [0.1, 0.15) is 44.3 Å². The van der Waals surface area contributed by atoms with E-state index in [0.717, 1.165) is 31.1 Å². The summed E-state index contributed by atoms with van der Waals surface area (Å²) in [5.41, 5.74) is 3.48. The summed E-state index contributed by atoms with van der Waals surface area (Å²) in [6.45, 7) is 6.84. The number of carbonyl (C=O) groups is 1. The van der Waals surface area contributed by atoms with Crippen molar-refractivity contribution in [3.05, 3.63) is 51.0 Å². The number of thiazole rings is 1. The van der Waals surface area contributed by atoms with E-state index in [9.17, 15) is 4.79 Å². The minimum Gasteiger partial charge on any atom is -0.477 e. The van der Waals surface area contributed by atoms with Crippen LogP contribution in [0, 0.1) is 6.92 Å². The molecule has 22 heavy (non-hydrogen) atoms.